The summed E-state index contributed by atoms with van der Waals surface area (Å²) >= 11 is 0. The Labute approximate surface area is 119 Å². The first-order valence-corrected chi connectivity index (χ1v) is 7.10. The predicted molar refractivity (Wildman–Crippen MR) is 78.9 cm³/mol. The van der Waals surface area contributed by atoms with E-state index in [9.17, 15) is 9.90 Å². The van der Waals surface area contributed by atoms with Crippen LogP contribution < -0.4 is 0 Å². The van der Waals surface area contributed by atoms with Crippen LogP contribution in [0.5, 0.6) is 0 Å². The third-order valence-electron chi connectivity index (χ3n) is 4.29. The molecule has 0 spiro atoms. The van der Waals surface area contributed by atoms with Crippen molar-refractivity contribution in [2.75, 3.05) is 0 Å². The lowest BCUT2D eigenvalue weighted by Crippen LogP contribution is -2.21. The van der Waals surface area contributed by atoms with Crippen LogP contribution in [0.15, 0.2) is 54.6 Å². The Morgan fingerprint density at radius 1 is 1.05 bits per heavy atom. The number of aryl methyl sites for hydroxylation is 1. The third-order valence-corrected chi connectivity index (χ3v) is 4.29. The first-order chi connectivity index (χ1) is 9.75. The van der Waals surface area contributed by atoms with Crippen LogP contribution in [-0.2, 0) is 11.2 Å². The van der Waals surface area contributed by atoms with Gasteiger partial charge in [0.2, 0.25) is 0 Å². The summed E-state index contributed by atoms with van der Waals surface area (Å²) < 4.78 is 0. The van der Waals surface area contributed by atoms with Crippen molar-refractivity contribution in [1.29, 1.82) is 0 Å². The fourth-order valence-electron chi connectivity index (χ4n) is 3.39. The highest BCUT2D eigenvalue weighted by Gasteiger charge is 2.31. The maximum absolute atomic E-state index is 11.3. The molecule has 2 aromatic carbocycles. The van der Waals surface area contributed by atoms with Gasteiger partial charge in [0.05, 0.1) is 6.42 Å². The van der Waals surface area contributed by atoms with Crippen LogP contribution in [-0.4, -0.2) is 11.1 Å². The maximum atomic E-state index is 11.3. The zero-order valence-electron chi connectivity index (χ0n) is 11.3. The van der Waals surface area contributed by atoms with E-state index in [-0.39, 0.29) is 12.3 Å². The number of aliphatic carboxylic acids is 1. The minimum Gasteiger partial charge on any atom is -0.481 e. The van der Waals surface area contributed by atoms with Crippen molar-refractivity contribution in [2.24, 2.45) is 0 Å². The van der Waals surface area contributed by atoms with Crippen LogP contribution >= 0.6 is 0 Å². The van der Waals surface area contributed by atoms with Gasteiger partial charge in [0, 0.05) is 5.92 Å². The van der Waals surface area contributed by atoms with Gasteiger partial charge in [-0.05, 0) is 35.4 Å². The summed E-state index contributed by atoms with van der Waals surface area (Å²) in [4.78, 5) is 11.3. The second-order valence-electron chi connectivity index (χ2n) is 5.46. The smallest absolute Gasteiger partial charge is 0.303 e. The number of carbonyl (C=O) groups is 1. The number of carboxylic acid groups (broad SMARTS) is 1. The SMILES string of the molecule is O=C(O)C[C@@H]1c2ccccc2CC[C@@H]1c1ccccc1. The summed E-state index contributed by atoms with van der Waals surface area (Å²) in [6.07, 6.45) is 2.27. The van der Waals surface area contributed by atoms with E-state index in [0.29, 0.717) is 5.92 Å². The van der Waals surface area contributed by atoms with E-state index in [1.807, 2.05) is 30.3 Å². The molecule has 0 fully saturated rings. The summed E-state index contributed by atoms with van der Waals surface area (Å²) in [5.74, 6) is -0.324. The third kappa shape index (κ3) is 2.46. The van der Waals surface area contributed by atoms with Crippen molar-refractivity contribution >= 4 is 5.97 Å². The van der Waals surface area contributed by atoms with Gasteiger partial charge in [-0.1, -0.05) is 54.6 Å². The van der Waals surface area contributed by atoms with Gasteiger partial charge in [0.1, 0.15) is 0 Å². The molecule has 1 aliphatic carbocycles. The zero-order chi connectivity index (χ0) is 13.9. The molecule has 102 valence electrons. The van der Waals surface area contributed by atoms with Gasteiger partial charge in [-0.2, -0.15) is 0 Å². The predicted octanol–water partition coefficient (Wildman–Crippen LogP) is 3.97. The van der Waals surface area contributed by atoms with Crippen LogP contribution in [0.1, 0.15) is 41.4 Å². The standard InChI is InChI=1S/C18H18O2/c19-18(20)12-17-15-9-5-4-8-14(15)10-11-16(17)13-6-2-1-3-7-13/h1-9,16-17H,10-12H2,(H,19,20)/t16-,17-/m1/s1. The van der Waals surface area contributed by atoms with Crippen molar-refractivity contribution in [1.82, 2.24) is 0 Å². The van der Waals surface area contributed by atoms with E-state index in [0.717, 1.165) is 12.8 Å². The molecule has 3 rings (SSSR count). The Balaban J connectivity index is 2.01. The number of benzene rings is 2. The normalized spacial score (nSPS) is 21.2. The van der Waals surface area contributed by atoms with E-state index in [4.69, 9.17) is 0 Å². The van der Waals surface area contributed by atoms with E-state index < -0.39 is 5.97 Å². The molecular formula is C18H18O2. The Morgan fingerprint density at radius 3 is 2.50 bits per heavy atom. The molecule has 0 aliphatic heterocycles. The summed E-state index contributed by atoms with van der Waals surface area (Å²) in [6, 6.07) is 18.6. The van der Waals surface area contributed by atoms with Gasteiger partial charge >= 0.3 is 5.97 Å². The van der Waals surface area contributed by atoms with Crippen LogP contribution in [0, 0.1) is 0 Å². The Kier molecular flexibility index (Phi) is 3.55. The lowest BCUT2D eigenvalue weighted by molar-refractivity contribution is -0.137. The maximum Gasteiger partial charge on any atom is 0.303 e. The molecule has 1 aliphatic rings. The Hall–Kier alpha value is -2.09. The largest absolute Gasteiger partial charge is 0.481 e. The minimum absolute atomic E-state index is 0.0832. The molecule has 0 amide bonds. The number of hydrogen-bond donors (Lipinski definition) is 1. The monoisotopic (exact) mass is 266 g/mol. The first-order valence-electron chi connectivity index (χ1n) is 7.10. The van der Waals surface area contributed by atoms with Crippen molar-refractivity contribution < 1.29 is 9.90 Å². The molecule has 0 aromatic heterocycles. The van der Waals surface area contributed by atoms with Gasteiger partial charge in [0.15, 0.2) is 0 Å². The average Bonchev–Trinajstić information content (AvgIpc) is 2.48. The van der Waals surface area contributed by atoms with Crippen molar-refractivity contribution in [3.05, 3.63) is 71.3 Å². The topological polar surface area (TPSA) is 37.3 Å². The van der Waals surface area contributed by atoms with E-state index in [1.54, 1.807) is 0 Å². The lowest BCUT2D eigenvalue weighted by Gasteiger charge is -2.33. The molecule has 0 heterocycles. The van der Waals surface area contributed by atoms with Gasteiger partial charge < -0.3 is 5.11 Å². The van der Waals surface area contributed by atoms with Crippen molar-refractivity contribution in [2.45, 2.75) is 31.1 Å². The number of rotatable bonds is 3. The molecule has 2 aromatic rings. The molecule has 1 N–H and O–H groups in total. The van der Waals surface area contributed by atoms with Crippen molar-refractivity contribution in [3.63, 3.8) is 0 Å². The molecule has 2 heteroatoms. The van der Waals surface area contributed by atoms with Gasteiger partial charge in [0.25, 0.3) is 0 Å². The van der Waals surface area contributed by atoms with Crippen LogP contribution in [0.2, 0.25) is 0 Å². The zero-order valence-corrected chi connectivity index (χ0v) is 11.3. The van der Waals surface area contributed by atoms with Crippen LogP contribution in [0.4, 0.5) is 0 Å². The molecule has 0 saturated heterocycles. The number of carboxylic acids is 1. The van der Waals surface area contributed by atoms with E-state index in [2.05, 4.69) is 24.3 Å². The fraction of sp³-hybridized carbons (Fsp3) is 0.278. The Morgan fingerprint density at radius 2 is 1.75 bits per heavy atom. The molecule has 0 bridgehead atoms. The summed E-state index contributed by atoms with van der Waals surface area (Å²) in [5.41, 5.74) is 3.79. The molecule has 2 nitrogen and oxygen atoms in total. The Bertz CT molecular complexity index is 604. The lowest BCUT2D eigenvalue weighted by atomic mass is 9.71. The van der Waals surface area contributed by atoms with Crippen molar-refractivity contribution in [3.8, 4) is 0 Å². The van der Waals surface area contributed by atoms with E-state index in [1.165, 1.54) is 16.7 Å². The second kappa shape index (κ2) is 5.49. The van der Waals surface area contributed by atoms with Crippen LogP contribution in [0.25, 0.3) is 0 Å². The fourth-order valence-corrected chi connectivity index (χ4v) is 3.39. The van der Waals surface area contributed by atoms with Gasteiger partial charge in [-0.15, -0.1) is 0 Å². The van der Waals surface area contributed by atoms with Gasteiger partial charge in [-0.3, -0.25) is 4.79 Å². The second-order valence-corrected chi connectivity index (χ2v) is 5.46. The van der Waals surface area contributed by atoms with Gasteiger partial charge in [-0.25, -0.2) is 0 Å². The summed E-state index contributed by atoms with van der Waals surface area (Å²) in [6.45, 7) is 0. The summed E-state index contributed by atoms with van der Waals surface area (Å²) in [5, 5.41) is 9.26. The highest BCUT2D eigenvalue weighted by Crippen LogP contribution is 2.44. The average molecular weight is 266 g/mol. The first kappa shape index (κ1) is 12.9. The van der Waals surface area contributed by atoms with Crippen LogP contribution in [0.3, 0.4) is 0 Å². The number of fused-ring (bicyclic) bond motifs is 1. The minimum atomic E-state index is -0.715. The number of hydrogen-bond acceptors (Lipinski definition) is 1. The molecule has 0 saturated carbocycles. The highest BCUT2D eigenvalue weighted by molar-refractivity contribution is 5.68. The molecule has 2 atom stereocenters. The quantitative estimate of drug-likeness (QED) is 0.912. The molecular weight excluding hydrogens is 248 g/mol. The summed E-state index contributed by atoms with van der Waals surface area (Å²) in [7, 11) is 0. The molecule has 0 unspecified atom stereocenters. The molecule has 0 radical (unpaired) electrons. The highest BCUT2D eigenvalue weighted by atomic mass is 16.4. The molecule has 20 heavy (non-hydrogen) atoms. The van der Waals surface area contributed by atoms with E-state index >= 15 is 0 Å².